The molecule has 0 aliphatic rings. The van der Waals surface area contributed by atoms with Crippen LogP contribution in [0.2, 0.25) is 0 Å². The summed E-state index contributed by atoms with van der Waals surface area (Å²) in [7, 11) is 1.73. The molecule has 1 rings (SSSR count). The largest absolute Gasteiger partial charge is 0.342 e. The molecule has 1 aromatic rings. The van der Waals surface area contributed by atoms with Gasteiger partial charge in [-0.15, -0.1) is 0 Å². The van der Waals surface area contributed by atoms with Crippen LogP contribution in [0.3, 0.4) is 0 Å². The molecule has 1 aromatic heterocycles. The second kappa shape index (κ2) is 2.09. The van der Waals surface area contributed by atoms with E-state index in [0.29, 0.717) is 10.7 Å². The van der Waals surface area contributed by atoms with Crippen LogP contribution in [0.15, 0.2) is 24.3 Å². The van der Waals surface area contributed by atoms with Crippen LogP contribution in [-0.2, 0) is 7.05 Å². The molecule has 1 heterocycles. The number of aromatic nitrogens is 1. The molecule has 0 bridgehead atoms. The predicted molar refractivity (Wildman–Crippen MR) is 36.2 cm³/mol. The molecular weight excluding hydrogens is 118 g/mol. The summed E-state index contributed by atoms with van der Waals surface area (Å²) in [6.45, 7) is 0. The minimum Gasteiger partial charge on any atom is -0.342 e. The van der Waals surface area contributed by atoms with Gasteiger partial charge in [0.15, 0.2) is 0 Å². The summed E-state index contributed by atoms with van der Waals surface area (Å²) in [5.74, 6) is 0. The van der Waals surface area contributed by atoms with Gasteiger partial charge in [-0.05, 0) is 12.1 Å². The summed E-state index contributed by atoms with van der Waals surface area (Å²) >= 11 is 4.85. The molecule has 0 aromatic carbocycles. The normalized spacial score (nSPS) is 12.6. The van der Waals surface area contributed by atoms with E-state index in [-0.39, 0.29) is 6.04 Å². The molecule has 1 nitrogen and oxygen atoms in total. The van der Waals surface area contributed by atoms with Crippen LogP contribution in [0.5, 0.6) is 0 Å². The zero-order chi connectivity index (χ0) is 7.72. The first-order valence-electron chi connectivity index (χ1n) is 3.25. The number of aryl methyl sites for hydroxylation is 1. The van der Waals surface area contributed by atoms with Crippen molar-refractivity contribution in [2.24, 2.45) is 7.05 Å². The zero-order valence-electron chi connectivity index (χ0n) is 6.51. The molecule has 0 saturated carbocycles. The van der Waals surface area contributed by atoms with Crippen molar-refractivity contribution in [3.05, 3.63) is 29.0 Å². The van der Waals surface area contributed by atoms with Crippen molar-refractivity contribution in [3.8, 4) is 0 Å². The quantitative estimate of drug-likeness (QED) is 0.481. The van der Waals surface area contributed by atoms with Crippen LogP contribution in [-0.4, -0.2) is 4.57 Å². The molecule has 0 aliphatic carbocycles. The SMILES string of the molecule is [2H]c1cc([2H])c(=S)n(C)c1. The second-order valence-corrected chi connectivity index (χ2v) is 1.89. The third-order valence-electron chi connectivity index (χ3n) is 0.868. The van der Waals surface area contributed by atoms with E-state index in [1.54, 1.807) is 17.8 Å². The van der Waals surface area contributed by atoms with E-state index in [4.69, 9.17) is 15.0 Å². The molecule has 0 amide bonds. The topological polar surface area (TPSA) is 4.93 Å². The Morgan fingerprint density at radius 2 is 2.62 bits per heavy atom. The number of nitrogens with zero attached hydrogens (tertiary/aromatic N) is 1. The van der Waals surface area contributed by atoms with E-state index >= 15 is 0 Å². The molecule has 0 radical (unpaired) electrons. The summed E-state index contributed by atoms with van der Waals surface area (Å²) in [5.41, 5.74) is 0. The summed E-state index contributed by atoms with van der Waals surface area (Å²) in [4.78, 5) is 0. The molecular formula is C6H7NS. The highest BCUT2D eigenvalue weighted by Crippen LogP contribution is 1.87. The van der Waals surface area contributed by atoms with Gasteiger partial charge in [0.1, 0.15) is 4.64 Å². The molecule has 0 atom stereocenters. The van der Waals surface area contributed by atoms with Crippen molar-refractivity contribution in [2.75, 3.05) is 0 Å². The summed E-state index contributed by atoms with van der Waals surface area (Å²) in [6, 6.07) is 1.99. The van der Waals surface area contributed by atoms with Crippen LogP contribution < -0.4 is 0 Å². The van der Waals surface area contributed by atoms with Crippen LogP contribution >= 0.6 is 12.2 Å². The first-order chi connectivity index (χ1) is 4.61. The van der Waals surface area contributed by atoms with Crippen molar-refractivity contribution in [3.63, 3.8) is 0 Å². The van der Waals surface area contributed by atoms with Crippen LogP contribution in [0.4, 0.5) is 0 Å². The Morgan fingerprint density at radius 3 is 3.25 bits per heavy atom. The lowest BCUT2D eigenvalue weighted by atomic mass is 10.5. The van der Waals surface area contributed by atoms with Gasteiger partial charge in [-0.2, -0.15) is 0 Å². The lowest BCUT2D eigenvalue weighted by molar-refractivity contribution is 0.888. The fourth-order valence-corrected chi connectivity index (χ4v) is 0.525. The summed E-state index contributed by atoms with van der Waals surface area (Å²) in [6.07, 6.45) is 1.58. The molecule has 0 aliphatic heterocycles. The van der Waals surface area contributed by atoms with E-state index in [1.807, 2.05) is 0 Å². The average Bonchev–Trinajstić information content (AvgIpc) is 1.82. The standard InChI is InChI=1S/C6H7NS/c1-7-5-3-2-4-6(7)8/h2-5H,1H3/i3D,4D. The van der Waals surface area contributed by atoms with E-state index in [0.717, 1.165) is 0 Å². The maximum Gasteiger partial charge on any atom is 0.105 e. The third kappa shape index (κ3) is 0.954. The molecule has 0 saturated heterocycles. The van der Waals surface area contributed by atoms with Gasteiger partial charge in [0.05, 0.1) is 2.74 Å². The lowest BCUT2D eigenvalue weighted by Gasteiger charge is -1.92. The predicted octanol–water partition coefficient (Wildman–Crippen LogP) is 1.75. The average molecular weight is 127 g/mol. The summed E-state index contributed by atoms with van der Waals surface area (Å²) < 4.78 is 16.5. The monoisotopic (exact) mass is 127 g/mol. The van der Waals surface area contributed by atoms with E-state index in [1.165, 1.54) is 6.07 Å². The Hall–Kier alpha value is -0.630. The second-order valence-electron chi connectivity index (χ2n) is 1.50. The van der Waals surface area contributed by atoms with Crippen molar-refractivity contribution in [2.45, 2.75) is 0 Å². The first-order valence-corrected chi connectivity index (χ1v) is 2.66. The minimum absolute atomic E-state index is 0.241. The molecule has 0 N–H and O–H groups in total. The number of rotatable bonds is 0. The van der Waals surface area contributed by atoms with Crippen molar-refractivity contribution < 1.29 is 2.74 Å². The maximum atomic E-state index is 7.26. The zero-order valence-corrected chi connectivity index (χ0v) is 5.33. The molecule has 8 heavy (non-hydrogen) atoms. The van der Waals surface area contributed by atoms with E-state index in [2.05, 4.69) is 0 Å². The molecule has 0 spiro atoms. The first kappa shape index (κ1) is 3.41. The van der Waals surface area contributed by atoms with E-state index < -0.39 is 0 Å². The van der Waals surface area contributed by atoms with Crippen LogP contribution in [0.1, 0.15) is 2.74 Å². The Kier molecular flexibility index (Phi) is 0.891. The van der Waals surface area contributed by atoms with E-state index in [9.17, 15) is 0 Å². The van der Waals surface area contributed by atoms with Gasteiger partial charge < -0.3 is 4.57 Å². The summed E-state index contributed by atoms with van der Waals surface area (Å²) in [5, 5.41) is 0. The Balaban J connectivity index is 3.46. The Labute approximate surface area is 56.4 Å². The van der Waals surface area contributed by atoms with Gasteiger partial charge in [0, 0.05) is 13.2 Å². The number of pyridine rings is 1. The van der Waals surface area contributed by atoms with Gasteiger partial charge in [0.25, 0.3) is 0 Å². The molecule has 0 unspecified atom stereocenters. The van der Waals surface area contributed by atoms with Crippen molar-refractivity contribution in [1.82, 2.24) is 4.57 Å². The smallest absolute Gasteiger partial charge is 0.105 e. The minimum atomic E-state index is 0.241. The highest BCUT2D eigenvalue weighted by Gasteiger charge is 1.75. The highest BCUT2D eigenvalue weighted by atomic mass is 32.1. The molecule has 42 valence electrons. The fourth-order valence-electron chi connectivity index (χ4n) is 0.413. The van der Waals surface area contributed by atoms with Gasteiger partial charge in [-0.1, -0.05) is 18.3 Å². The Bertz CT molecular complexity index is 279. The fraction of sp³-hybridized carbons (Fsp3) is 0.167. The van der Waals surface area contributed by atoms with Crippen LogP contribution in [0, 0.1) is 4.64 Å². The molecule has 2 heteroatoms. The number of hydrogen-bond donors (Lipinski definition) is 0. The van der Waals surface area contributed by atoms with Gasteiger partial charge in [-0.3, -0.25) is 0 Å². The molecule has 0 fully saturated rings. The Morgan fingerprint density at radius 1 is 1.88 bits per heavy atom. The third-order valence-corrected chi connectivity index (χ3v) is 1.27. The lowest BCUT2D eigenvalue weighted by Crippen LogP contribution is -1.87. The van der Waals surface area contributed by atoms with Crippen LogP contribution in [0.25, 0.3) is 0 Å². The number of hydrogen-bond acceptors (Lipinski definition) is 1. The highest BCUT2D eigenvalue weighted by molar-refractivity contribution is 7.71. The maximum absolute atomic E-state index is 7.26. The van der Waals surface area contributed by atoms with Crippen molar-refractivity contribution >= 4 is 12.2 Å². The van der Waals surface area contributed by atoms with Gasteiger partial charge >= 0.3 is 0 Å². The van der Waals surface area contributed by atoms with Gasteiger partial charge in [0.2, 0.25) is 0 Å². The van der Waals surface area contributed by atoms with Gasteiger partial charge in [-0.25, -0.2) is 0 Å². The van der Waals surface area contributed by atoms with Crippen molar-refractivity contribution in [1.29, 1.82) is 0 Å².